The van der Waals surface area contributed by atoms with Crippen LogP contribution in [-0.4, -0.2) is 66.4 Å². The van der Waals surface area contributed by atoms with Gasteiger partial charge in [-0.15, -0.1) is 0 Å². The number of aromatic nitrogens is 3. The molecule has 0 saturated carbocycles. The standard InChI is InChI=1S/C20H24ClN5O5/c1-3-30-17(27)15(18(28)31-4-2)16-23-19(22-14-7-5-6-13(21)12-14)25-20(24-16)26-8-10-29-11-9-26/h5-7,12,15H,3-4,8-11H2,1-2H3,(H,22,23,24,25). The lowest BCUT2D eigenvalue weighted by Crippen LogP contribution is -2.38. The van der Waals surface area contributed by atoms with Gasteiger partial charge in [0.1, 0.15) is 0 Å². The van der Waals surface area contributed by atoms with Gasteiger partial charge in [0, 0.05) is 23.8 Å². The van der Waals surface area contributed by atoms with E-state index in [2.05, 4.69) is 20.3 Å². The molecule has 0 atom stereocenters. The number of halogens is 1. The van der Waals surface area contributed by atoms with Crippen LogP contribution in [0.25, 0.3) is 0 Å². The molecular weight excluding hydrogens is 426 g/mol. The van der Waals surface area contributed by atoms with E-state index < -0.39 is 17.9 Å². The highest BCUT2D eigenvalue weighted by molar-refractivity contribution is 6.30. The first-order chi connectivity index (χ1) is 15.0. The summed E-state index contributed by atoms with van der Waals surface area (Å²) < 4.78 is 15.5. The fraction of sp³-hybridized carbons (Fsp3) is 0.450. The maximum atomic E-state index is 12.6. The van der Waals surface area contributed by atoms with Crippen LogP contribution in [0.5, 0.6) is 0 Å². The molecule has 2 heterocycles. The van der Waals surface area contributed by atoms with Gasteiger partial charge >= 0.3 is 11.9 Å². The number of ether oxygens (including phenoxy) is 3. The molecule has 1 aliphatic heterocycles. The summed E-state index contributed by atoms with van der Waals surface area (Å²) in [5.74, 6) is -2.58. The number of nitrogens with one attached hydrogen (secondary N) is 1. The third-order valence-electron chi connectivity index (χ3n) is 4.32. The van der Waals surface area contributed by atoms with Crippen LogP contribution in [0.4, 0.5) is 17.6 Å². The fourth-order valence-corrected chi connectivity index (χ4v) is 3.11. The molecule has 166 valence electrons. The molecule has 1 aliphatic rings. The van der Waals surface area contributed by atoms with Crippen molar-refractivity contribution in [1.82, 2.24) is 15.0 Å². The number of hydrogen-bond donors (Lipinski definition) is 1. The lowest BCUT2D eigenvalue weighted by atomic mass is 10.1. The molecule has 10 nitrogen and oxygen atoms in total. The predicted octanol–water partition coefficient (Wildman–Crippen LogP) is 2.32. The van der Waals surface area contributed by atoms with E-state index in [1.165, 1.54) is 0 Å². The molecule has 1 fully saturated rings. The van der Waals surface area contributed by atoms with Gasteiger partial charge in [-0.1, -0.05) is 17.7 Å². The van der Waals surface area contributed by atoms with E-state index in [0.29, 0.717) is 43.0 Å². The Morgan fingerprint density at radius 2 is 1.81 bits per heavy atom. The smallest absolute Gasteiger partial charge is 0.328 e. The second-order valence-corrected chi connectivity index (χ2v) is 6.93. The van der Waals surface area contributed by atoms with Crippen molar-refractivity contribution in [3.8, 4) is 0 Å². The molecule has 0 unspecified atom stereocenters. The van der Waals surface area contributed by atoms with Gasteiger partial charge in [0.15, 0.2) is 5.82 Å². The summed E-state index contributed by atoms with van der Waals surface area (Å²) >= 11 is 6.06. The second-order valence-electron chi connectivity index (χ2n) is 6.49. The highest BCUT2D eigenvalue weighted by Crippen LogP contribution is 2.24. The van der Waals surface area contributed by atoms with Crippen molar-refractivity contribution in [2.75, 3.05) is 49.7 Å². The van der Waals surface area contributed by atoms with Gasteiger partial charge in [0.05, 0.1) is 26.4 Å². The van der Waals surface area contributed by atoms with Crippen molar-refractivity contribution in [3.63, 3.8) is 0 Å². The predicted molar refractivity (Wildman–Crippen MR) is 114 cm³/mol. The molecule has 2 aromatic rings. The van der Waals surface area contributed by atoms with E-state index >= 15 is 0 Å². The van der Waals surface area contributed by atoms with Gasteiger partial charge in [-0.2, -0.15) is 15.0 Å². The molecule has 1 aromatic carbocycles. The summed E-state index contributed by atoms with van der Waals surface area (Å²) in [6.07, 6.45) is 0. The van der Waals surface area contributed by atoms with E-state index in [4.69, 9.17) is 25.8 Å². The summed E-state index contributed by atoms with van der Waals surface area (Å²) in [5, 5.41) is 3.58. The summed E-state index contributed by atoms with van der Waals surface area (Å²) in [6, 6.07) is 7.00. The van der Waals surface area contributed by atoms with E-state index in [0.717, 1.165) is 0 Å². The van der Waals surface area contributed by atoms with Gasteiger partial charge in [-0.3, -0.25) is 9.59 Å². The number of rotatable bonds is 8. The maximum Gasteiger partial charge on any atom is 0.328 e. The molecule has 0 spiro atoms. The number of morpholine rings is 1. The Labute approximate surface area is 184 Å². The number of esters is 2. The number of hydrogen-bond acceptors (Lipinski definition) is 10. The molecule has 1 aromatic heterocycles. The van der Waals surface area contributed by atoms with Crippen LogP contribution in [0.1, 0.15) is 25.6 Å². The van der Waals surface area contributed by atoms with Crippen molar-refractivity contribution < 1.29 is 23.8 Å². The summed E-state index contributed by atoms with van der Waals surface area (Å²) in [5.41, 5.74) is 0.640. The van der Waals surface area contributed by atoms with Crippen molar-refractivity contribution >= 4 is 41.1 Å². The van der Waals surface area contributed by atoms with E-state index in [1.807, 2.05) is 4.90 Å². The lowest BCUT2D eigenvalue weighted by Gasteiger charge is -2.27. The van der Waals surface area contributed by atoms with Gasteiger partial charge in [-0.05, 0) is 32.0 Å². The largest absolute Gasteiger partial charge is 0.465 e. The summed E-state index contributed by atoms with van der Waals surface area (Å²) in [4.78, 5) is 40.2. The first kappa shape index (κ1) is 22.7. The molecule has 1 N–H and O–H groups in total. The van der Waals surface area contributed by atoms with Crippen LogP contribution in [0.2, 0.25) is 5.02 Å². The highest BCUT2D eigenvalue weighted by Gasteiger charge is 2.35. The van der Waals surface area contributed by atoms with Crippen LogP contribution in [0, 0.1) is 0 Å². The number of carbonyl (C=O) groups excluding carboxylic acids is 2. The molecule has 11 heteroatoms. The monoisotopic (exact) mass is 449 g/mol. The van der Waals surface area contributed by atoms with Crippen molar-refractivity contribution in [1.29, 1.82) is 0 Å². The molecular formula is C20H24ClN5O5. The van der Waals surface area contributed by atoms with E-state index in [9.17, 15) is 9.59 Å². The fourth-order valence-electron chi connectivity index (χ4n) is 2.92. The average Bonchev–Trinajstić information content (AvgIpc) is 2.75. The Kier molecular flexibility index (Phi) is 7.96. The zero-order chi connectivity index (χ0) is 22.2. The Bertz CT molecular complexity index is 905. The zero-order valence-electron chi connectivity index (χ0n) is 17.3. The van der Waals surface area contributed by atoms with Crippen LogP contribution in [0.3, 0.4) is 0 Å². The SMILES string of the molecule is CCOC(=O)C(C(=O)OCC)c1nc(Nc2cccc(Cl)c2)nc(N2CCOCC2)n1. The van der Waals surface area contributed by atoms with Gasteiger partial charge in [0.2, 0.25) is 17.8 Å². The van der Waals surface area contributed by atoms with Crippen LogP contribution < -0.4 is 10.2 Å². The first-order valence-corrected chi connectivity index (χ1v) is 10.3. The van der Waals surface area contributed by atoms with Crippen molar-refractivity contribution in [2.24, 2.45) is 0 Å². The van der Waals surface area contributed by atoms with Crippen LogP contribution >= 0.6 is 11.6 Å². The van der Waals surface area contributed by atoms with E-state index in [-0.39, 0.29) is 25.0 Å². The number of nitrogens with zero attached hydrogens (tertiary/aromatic N) is 4. The summed E-state index contributed by atoms with van der Waals surface area (Å²) in [6.45, 7) is 5.65. The number of anilines is 3. The average molecular weight is 450 g/mol. The number of benzene rings is 1. The van der Waals surface area contributed by atoms with Crippen molar-refractivity contribution in [2.45, 2.75) is 19.8 Å². The van der Waals surface area contributed by atoms with Gasteiger partial charge in [0.25, 0.3) is 0 Å². The van der Waals surface area contributed by atoms with Crippen LogP contribution in [0.15, 0.2) is 24.3 Å². The Morgan fingerprint density at radius 1 is 1.13 bits per heavy atom. The minimum Gasteiger partial charge on any atom is -0.465 e. The molecule has 3 rings (SSSR count). The zero-order valence-corrected chi connectivity index (χ0v) is 18.1. The third-order valence-corrected chi connectivity index (χ3v) is 4.55. The van der Waals surface area contributed by atoms with Gasteiger partial charge < -0.3 is 24.4 Å². The molecule has 0 radical (unpaired) electrons. The Morgan fingerprint density at radius 3 is 2.42 bits per heavy atom. The maximum absolute atomic E-state index is 12.6. The minimum absolute atomic E-state index is 0.0575. The molecule has 0 aliphatic carbocycles. The molecule has 0 bridgehead atoms. The van der Waals surface area contributed by atoms with Crippen molar-refractivity contribution in [3.05, 3.63) is 35.1 Å². The van der Waals surface area contributed by atoms with Gasteiger partial charge in [-0.25, -0.2) is 0 Å². The Balaban J connectivity index is 2.03. The van der Waals surface area contributed by atoms with Crippen LogP contribution in [-0.2, 0) is 23.8 Å². The third kappa shape index (κ3) is 6.02. The first-order valence-electron chi connectivity index (χ1n) is 9.96. The minimum atomic E-state index is -1.43. The quantitative estimate of drug-likeness (QED) is 0.475. The molecule has 31 heavy (non-hydrogen) atoms. The highest BCUT2D eigenvalue weighted by atomic mass is 35.5. The Hall–Kier alpha value is -2.98. The topological polar surface area (TPSA) is 116 Å². The van der Waals surface area contributed by atoms with E-state index in [1.54, 1.807) is 38.1 Å². The normalized spacial score (nSPS) is 13.7. The molecule has 0 amide bonds. The second kappa shape index (κ2) is 10.9. The number of carbonyl (C=O) groups is 2. The molecule has 1 saturated heterocycles. The lowest BCUT2D eigenvalue weighted by molar-refractivity contribution is -0.157. The summed E-state index contributed by atoms with van der Waals surface area (Å²) in [7, 11) is 0.